The van der Waals surface area contributed by atoms with Crippen molar-refractivity contribution in [3.8, 4) is 11.1 Å². The number of nitrogens with one attached hydrogen (secondary N) is 3. The molecular weight excluding hydrogens is 474 g/mol. The molecule has 37 heavy (non-hydrogen) atoms. The Balaban J connectivity index is 1.31. The van der Waals surface area contributed by atoms with Gasteiger partial charge in [-0.15, -0.1) is 0 Å². The number of carboxylic acid groups (broad SMARTS) is 1. The van der Waals surface area contributed by atoms with Crippen LogP contribution in [0.2, 0.25) is 0 Å². The van der Waals surface area contributed by atoms with E-state index in [9.17, 15) is 19.2 Å². The van der Waals surface area contributed by atoms with Crippen molar-refractivity contribution in [1.29, 1.82) is 0 Å². The molecule has 0 fully saturated rings. The average molecular weight is 502 g/mol. The van der Waals surface area contributed by atoms with Gasteiger partial charge in [-0.2, -0.15) is 0 Å². The number of carbonyl (C=O) groups is 4. The molecule has 1 aliphatic rings. The van der Waals surface area contributed by atoms with Gasteiger partial charge in [-0.25, -0.2) is 4.79 Å². The predicted molar refractivity (Wildman–Crippen MR) is 136 cm³/mol. The van der Waals surface area contributed by atoms with Crippen LogP contribution in [0.15, 0.2) is 78.9 Å². The van der Waals surface area contributed by atoms with Gasteiger partial charge in [0.05, 0.1) is 0 Å². The Hall–Kier alpha value is -4.66. The molecule has 0 saturated heterocycles. The molecule has 0 saturated carbocycles. The van der Waals surface area contributed by atoms with E-state index in [0.717, 1.165) is 27.8 Å². The van der Waals surface area contributed by atoms with E-state index >= 15 is 0 Å². The van der Waals surface area contributed by atoms with Gasteiger partial charge in [0.15, 0.2) is 0 Å². The molecule has 0 radical (unpaired) electrons. The number of fused-ring (bicyclic) bond motifs is 3. The summed E-state index contributed by atoms with van der Waals surface area (Å²) in [5, 5.41) is 16.1. The summed E-state index contributed by atoms with van der Waals surface area (Å²) in [6, 6.07) is 23.9. The Morgan fingerprint density at radius 2 is 1.38 bits per heavy atom. The number of hydrogen-bond acceptors (Lipinski definition) is 5. The van der Waals surface area contributed by atoms with Crippen molar-refractivity contribution in [1.82, 2.24) is 16.0 Å². The smallest absolute Gasteiger partial charge is 0.407 e. The summed E-state index contributed by atoms with van der Waals surface area (Å²) in [4.78, 5) is 48.1. The van der Waals surface area contributed by atoms with Crippen LogP contribution in [-0.4, -0.2) is 54.7 Å². The predicted octanol–water partition coefficient (Wildman–Crippen LogP) is 2.45. The summed E-state index contributed by atoms with van der Waals surface area (Å²) in [6.45, 7) is -0.873. The van der Waals surface area contributed by atoms with Gasteiger partial charge < -0.3 is 25.8 Å². The molecule has 1 atom stereocenters. The fraction of sp³-hybridized carbons (Fsp3) is 0.214. The van der Waals surface area contributed by atoms with Crippen molar-refractivity contribution in [2.45, 2.75) is 18.4 Å². The summed E-state index contributed by atoms with van der Waals surface area (Å²) in [5.74, 6) is -2.56. The quantitative estimate of drug-likeness (QED) is 0.337. The highest BCUT2D eigenvalue weighted by atomic mass is 16.5. The fourth-order valence-electron chi connectivity index (χ4n) is 4.39. The third-order valence-electron chi connectivity index (χ3n) is 6.09. The Bertz CT molecular complexity index is 1250. The van der Waals surface area contributed by atoms with Crippen LogP contribution < -0.4 is 16.0 Å². The zero-order valence-corrected chi connectivity index (χ0v) is 20.0. The summed E-state index contributed by atoms with van der Waals surface area (Å²) in [6.07, 6.45) is -0.602. The van der Waals surface area contributed by atoms with Crippen LogP contribution in [0.25, 0.3) is 11.1 Å². The number of aliphatic carboxylic acids is 1. The molecule has 0 unspecified atom stereocenters. The van der Waals surface area contributed by atoms with Gasteiger partial charge in [-0.3, -0.25) is 14.4 Å². The normalized spacial score (nSPS) is 12.5. The molecular formula is C28H27N3O6. The summed E-state index contributed by atoms with van der Waals surface area (Å²) >= 11 is 0. The lowest BCUT2D eigenvalue weighted by Gasteiger charge is -2.19. The Morgan fingerprint density at radius 3 is 2.00 bits per heavy atom. The molecule has 0 bridgehead atoms. The minimum absolute atomic E-state index is 0.107. The first-order valence-corrected chi connectivity index (χ1v) is 11.8. The monoisotopic (exact) mass is 501 g/mol. The SMILES string of the molecule is O=C(O)CNC(=O)[C@H](Cc1ccccc1)NC(=O)CNC(=O)OCC1c2ccccc2-c2ccccc21. The van der Waals surface area contributed by atoms with E-state index in [2.05, 4.69) is 16.0 Å². The van der Waals surface area contributed by atoms with Gasteiger partial charge in [-0.1, -0.05) is 78.9 Å². The highest BCUT2D eigenvalue weighted by Gasteiger charge is 2.29. The van der Waals surface area contributed by atoms with Gasteiger partial charge in [0.25, 0.3) is 0 Å². The van der Waals surface area contributed by atoms with Crippen molar-refractivity contribution in [3.05, 3.63) is 95.6 Å². The third kappa shape index (κ3) is 6.52. The van der Waals surface area contributed by atoms with Crippen molar-refractivity contribution in [2.75, 3.05) is 19.7 Å². The summed E-state index contributed by atoms with van der Waals surface area (Å²) in [5.41, 5.74) is 5.15. The number of amides is 3. The minimum Gasteiger partial charge on any atom is -0.480 e. The minimum atomic E-state index is -1.20. The third-order valence-corrected chi connectivity index (χ3v) is 6.09. The molecule has 0 heterocycles. The fourth-order valence-corrected chi connectivity index (χ4v) is 4.39. The molecule has 3 aromatic rings. The number of benzene rings is 3. The molecule has 3 amide bonds. The van der Waals surface area contributed by atoms with Crippen LogP contribution in [0.4, 0.5) is 4.79 Å². The largest absolute Gasteiger partial charge is 0.480 e. The van der Waals surface area contributed by atoms with Crippen LogP contribution in [0.5, 0.6) is 0 Å². The number of hydrogen-bond donors (Lipinski definition) is 4. The number of alkyl carbamates (subject to hydrolysis) is 1. The zero-order chi connectivity index (χ0) is 26.2. The highest BCUT2D eigenvalue weighted by molar-refractivity contribution is 5.91. The van der Waals surface area contributed by atoms with E-state index in [-0.39, 0.29) is 18.9 Å². The second-order valence-corrected chi connectivity index (χ2v) is 8.60. The lowest BCUT2D eigenvalue weighted by atomic mass is 9.98. The number of carbonyl (C=O) groups excluding carboxylic acids is 3. The summed E-state index contributed by atoms with van der Waals surface area (Å²) < 4.78 is 5.43. The first-order valence-electron chi connectivity index (χ1n) is 11.8. The maximum absolute atomic E-state index is 12.5. The standard InChI is InChI=1S/C28H27N3O6/c32-25(31-24(27(35)29-16-26(33)34)14-18-8-2-1-3-9-18)15-30-28(36)37-17-23-21-12-6-4-10-19(21)20-11-5-7-13-22(20)23/h1-13,23-24H,14-17H2,(H,29,35)(H,30,36)(H,31,32)(H,33,34)/t24-/m0/s1. The highest BCUT2D eigenvalue weighted by Crippen LogP contribution is 2.44. The van der Waals surface area contributed by atoms with Crippen LogP contribution in [-0.2, 0) is 25.5 Å². The number of ether oxygens (including phenoxy) is 1. The zero-order valence-electron chi connectivity index (χ0n) is 20.0. The molecule has 1 aliphatic carbocycles. The van der Waals surface area contributed by atoms with Gasteiger partial charge in [-0.05, 0) is 27.8 Å². The van der Waals surface area contributed by atoms with Gasteiger partial charge in [0.1, 0.15) is 25.7 Å². The number of rotatable bonds is 10. The molecule has 190 valence electrons. The van der Waals surface area contributed by atoms with E-state index in [1.54, 1.807) is 24.3 Å². The van der Waals surface area contributed by atoms with Crippen molar-refractivity contribution in [2.24, 2.45) is 0 Å². The van der Waals surface area contributed by atoms with Crippen molar-refractivity contribution < 1.29 is 29.0 Å². The van der Waals surface area contributed by atoms with Gasteiger partial charge in [0.2, 0.25) is 11.8 Å². The van der Waals surface area contributed by atoms with Crippen LogP contribution in [0, 0.1) is 0 Å². The lowest BCUT2D eigenvalue weighted by molar-refractivity contribution is -0.138. The molecule has 4 rings (SSSR count). The van der Waals surface area contributed by atoms with E-state index in [1.807, 2.05) is 54.6 Å². The molecule has 3 aromatic carbocycles. The van der Waals surface area contributed by atoms with Crippen LogP contribution in [0.1, 0.15) is 22.6 Å². The van der Waals surface area contributed by atoms with Crippen LogP contribution in [0.3, 0.4) is 0 Å². The van der Waals surface area contributed by atoms with E-state index < -0.39 is 43.0 Å². The topological polar surface area (TPSA) is 134 Å². The Labute approximate surface area is 213 Å². The Morgan fingerprint density at radius 1 is 0.784 bits per heavy atom. The van der Waals surface area contributed by atoms with Crippen molar-refractivity contribution in [3.63, 3.8) is 0 Å². The number of carboxylic acids is 1. The van der Waals surface area contributed by atoms with E-state index in [1.165, 1.54) is 0 Å². The van der Waals surface area contributed by atoms with E-state index in [4.69, 9.17) is 9.84 Å². The molecule has 4 N–H and O–H groups in total. The average Bonchev–Trinajstić information content (AvgIpc) is 3.23. The Kier molecular flexibility index (Phi) is 8.15. The van der Waals surface area contributed by atoms with Gasteiger partial charge in [0, 0.05) is 12.3 Å². The van der Waals surface area contributed by atoms with E-state index in [0.29, 0.717) is 0 Å². The summed E-state index contributed by atoms with van der Waals surface area (Å²) in [7, 11) is 0. The van der Waals surface area contributed by atoms with Gasteiger partial charge >= 0.3 is 12.1 Å². The molecule has 0 spiro atoms. The first-order chi connectivity index (χ1) is 17.9. The van der Waals surface area contributed by atoms with Crippen LogP contribution >= 0.6 is 0 Å². The molecule has 9 heteroatoms. The maximum Gasteiger partial charge on any atom is 0.407 e. The molecule has 0 aliphatic heterocycles. The first kappa shape index (κ1) is 25.4. The van der Waals surface area contributed by atoms with Crippen molar-refractivity contribution >= 4 is 23.9 Å². The lowest BCUT2D eigenvalue weighted by Crippen LogP contribution is -2.51. The molecule has 0 aromatic heterocycles. The maximum atomic E-state index is 12.5. The molecule has 9 nitrogen and oxygen atoms in total. The second-order valence-electron chi connectivity index (χ2n) is 8.60. The second kappa shape index (κ2) is 11.9.